The lowest BCUT2D eigenvalue weighted by atomic mass is 10.00. The zero-order valence-electron chi connectivity index (χ0n) is 11.7. The first-order valence-corrected chi connectivity index (χ1v) is 7.32. The van der Waals surface area contributed by atoms with Crippen LogP contribution in [0.5, 0.6) is 5.75 Å². The zero-order valence-corrected chi connectivity index (χ0v) is 12.5. The first kappa shape index (κ1) is 14.0. The topological polar surface area (TPSA) is 38.3 Å². The molecule has 3 rings (SSSR count). The highest BCUT2D eigenvalue weighted by molar-refractivity contribution is 6.30. The monoisotopic (exact) mass is 301 g/mol. The Morgan fingerprint density at radius 2 is 2.14 bits per heavy atom. The number of carbonyl (C=O) groups excluding carboxylic acids is 1. The molecular weight excluding hydrogens is 286 g/mol. The second-order valence-corrected chi connectivity index (χ2v) is 5.69. The Morgan fingerprint density at radius 1 is 1.29 bits per heavy atom. The van der Waals surface area contributed by atoms with Crippen LogP contribution in [-0.2, 0) is 11.2 Å². The van der Waals surface area contributed by atoms with Gasteiger partial charge in [-0.3, -0.25) is 4.79 Å². The summed E-state index contributed by atoms with van der Waals surface area (Å²) in [6, 6.07) is 13.1. The van der Waals surface area contributed by atoms with E-state index < -0.39 is 6.10 Å². The van der Waals surface area contributed by atoms with Crippen molar-refractivity contribution in [1.82, 2.24) is 0 Å². The molecular formula is C17H16ClNO2. The summed E-state index contributed by atoms with van der Waals surface area (Å²) in [6.45, 7) is 2.05. The number of hydrogen-bond acceptors (Lipinski definition) is 2. The second-order valence-electron chi connectivity index (χ2n) is 5.26. The first-order valence-electron chi connectivity index (χ1n) is 6.94. The van der Waals surface area contributed by atoms with Crippen LogP contribution in [0.1, 0.15) is 17.5 Å². The van der Waals surface area contributed by atoms with Crippen LogP contribution in [0.3, 0.4) is 0 Å². The lowest BCUT2D eigenvalue weighted by Crippen LogP contribution is -2.35. The third-order valence-corrected chi connectivity index (χ3v) is 3.78. The molecule has 3 nitrogen and oxygen atoms in total. The zero-order chi connectivity index (χ0) is 14.8. The van der Waals surface area contributed by atoms with Gasteiger partial charge >= 0.3 is 0 Å². The minimum atomic E-state index is -0.459. The van der Waals surface area contributed by atoms with Crippen LogP contribution in [0.15, 0.2) is 42.5 Å². The summed E-state index contributed by atoms with van der Waals surface area (Å²) in [4.78, 5) is 12.3. The van der Waals surface area contributed by atoms with Gasteiger partial charge in [0.05, 0.1) is 0 Å². The van der Waals surface area contributed by atoms with Crippen LogP contribution in [0.2, 0.25) is 5.02 Å². The quantitative estimate of drug-likeness (QED) is 0.911. The van der Waals surface area contributed by atoms with E-state index in [1.807, 2.05) is 18.2 Å². The van der Waals surface area contributed by atoms with Gasteiger partial charge < -0.3 is 10.1 Å². The average Bonchev–Trinajstić information content (AvgIpc) is 2.46. The predicted molar refractivity (Wildman–Crippen MR) is 84.0 cm³/mol. The van der Waals surface area contributed by atoms with E-state index in [1.54, 1.807) is 18.2 Å². The number of ether oxygens (including phenoxy) is 1. The molecule has 1 N–H and O–H groups in total. The molecule has 1 aliphatic heterocycles. The number of fused-ring (bicyclic) bond motifs is 1. The van der Waals surface area contributed by atoms with E-state index in [4.69, 9.17) is 16.3 Å². The first-order chi connectivity index (χ1) is 10.1. The molecule has 108 valence electrons. The number of halogens is 1. The van der Waals surface area contributed by atoms with E-state index in [1.165, 1.54) is 11.1 Å². The van der Waals surface area contributed by atoms with E-state index in [-0.39, 0.29) is 5.91 Å². The fourth-order valence-electron chi connectivity index (χ4n) is 2.49. The minimum absolute atomic E-state index is 0.136. The van der Waals surface area contributed by atoms with Crippen molar-refractivity contribution in [3.63, 3.8) is 0 Å². The Morgan fingerprint density at radius 3 is 2.95 bits per heavy atom. The summed E-state index contributed by atoms with van der Waals surface area (Å²) >= 11 is 5.91. The van der Waals surface area contributed by atoms with E-state index in [2.05, 4.69) is 18.3 Å². The van der Waals surface area contributed by atoms with Crippen LogP contribution < -0.4 is 10.1 Å². The number of carbonyl (C=O) groups is 1. The van der Waals surface area contributed by atoms with E-state index >= 15 is 0 Å². The highest BCUT2D eigenvalue weighted by Gasteiger charge is 2.26. The van der Waals surface area contributed by atoms with Gasteiger partial charge in [-0.25, -0.2) is 0 Å². The van der Waals surface area contributed by atoms with Gasteiger partial charge in [0.25, 0.3) is 5.91 Å². The number of hydrogen-bond donors (Lipinski definition) is 1. The molecule has 1 atom stereocenters. The minimum Gasteiger partial charge on any atom is -0.480 e. The number of nitrogens with one attached hydrogen (secondary N) is 1. The Bertz CT molecular complexity index is 684. The molecule has 2 aromatic carbocycles. The fraction of sp³-hybridized carbons (Fsp3) is 0.235. The lowest BCUT2D eigenvalue weighted by Gasteiger charge is -2.25. The van der Waals surface area contributed by atoms with Gasteiger partial charge in [-0.1, -0.05) is 35.4 Å². The Balaban J connectivity index is 1.71. The van der Waals surface area contributed by atoms with Gasteiger partial charge in [-0.15, -0.1) is 0 Å². The molecule has 0 bridgehead atoms. The molecule has 2 aromatic rings. The van der Waals surface area contributed by atoms with Crippen molar-refractivity contribution < 1.29 is 9.53 Å². The van der Waals surface area contributed by atoms with E-state index in [9.17, 15) is 4.79 Å². The summed E-state index contributed by atoms with van der Waals surface area (Å²) in [5.41, 5.74) is 3.06. The Labute approximate surface area is 128 Å². The average molecular weight is 302 g/mol. The number of rotatable bonds is 2. The van der Waals surface area contributed by atoms with Gasteiger partial charge in [0, 0.05) is 10.7 Å². The molecule has 1 amide bonds. The molecule has 1 heterocycles. The number of aryl methyl sites for hydroxylation is 2. The number of amides is 1. The van der Waals surface area contributed by atoms with Crippen LogP contribution in [0.4, 0.5) is 5.69 Å². The standard InChI is InChI=1S/C17H16ClNO2/c1-11-5-7-15-12(9-11)6-8-16(21-15)17(20)19-14-4-2-3-13(18)10-14/h2-5,7,9-10,16H,6,8H2,1H3,(H,19,20). The largest absolute Gasteiger partial charge is 0.480 e. The predicted octanol–water partition coefficient (Wildman–Crippen LogP) is 3.98. The lowest BCUT2D eigenvalue weighted by molar-refractivity contribution is -0.123. The van der Waals surface area contributed by atoms with Gasteiger partial charge in [0.2, 0.25) is 0 Å². The molecule has 0 radical (unpaired) electrons. The van der Waals surface area contributed by atoms with E-state index in [0.717, 1.165) is 12.2 Å². The number of benzene rings is 2. The van der Waals surface area contributed by atoms with Crippen molar-refractivity contribution in [3.05, 3.63) is 58.6 Å². The molecule has 0 spiro atoms. The van der Waals surface area contributed by atoms with Crippen LogP contribution in [0, 0.1) is 6.92 Å². The van der Waals surface area contributed by atoms with Gasteiger partial charge in [-0.05, 0) is 49.6 Å². The maximum Gasteiger partial charge on any atom is 0.265 e. The van der Waals surface area contributed by atoms with Crippen molar-refractivity contribution in [3.8, 4) is 5.75 Å². The summed E-state index contributed by atoms with van der Waals surface area (Å²) in [5, 5.41) is 3.44. The molecule has 21 heavy (non-hydrogen) atoms. The van der Waals surface area contributed by atoms with Crippen LogP contribution >= 0.6 is 11.6 Å². The van der Waals surface area contributed by atoms with Gasteiger partial charge in [0.15, 0.2) is 6.10 Å². The molecule has 0 fully saturated rings. The van der Waals surface area contributed by atoms with Crippen molar-refractivity contribution in [1.29, 1.82) is 0 Å². The molecule has 0 aromatic heterocycles. The molecule has 1 unspecified atom stereocenters. The van der Waals surface area contributed by atoms with E-state index in [0.29, 0.717) is 17.1 Å². The molecule has 4 heteroatoms. The maximum atomic E-state index is 12.3. The van der Waals surface area contributed by atoms with Gasteiger partial charge in [-0.2, -0.15) is 0 Å². The van der Waals surface area contributed by atoms with Crippen molar-refractivity contribution in [2.75, 3.05) is 5.32 Å². The normalized spacial score (nSPS) is 16.8. The number of anilines is 1. The summed E-state index contributed by atoms with van der Waals surface area (Å²) in [6.07, 6.45) is 1.08. The summed E-state index contributed by atoms with van der Waals surface area (Å²) in [7, 11) is 0. The highest BCUT2D eigenvalue weighted by Crippen LogP contribution is 2.29. The third kappa shape index (κ3) is 3.19. The van der Waals surface area contributed by atoms with Gasteiger partial charge in [0.1, 0.15) is 5.75 Å². The fourth-order valence-corrected chi connectivity index (χ4v) is 2.68. The van der Waals surface area contributed by atoms with Crippen molar-refractivity contribution in [2.45, 2.75) is 25.9 Å². The highest BCUT2D eigenvalue weighted by atomic mass is 35.5. The van der Waals surface area contributed by atoms with Crippen molar-refractivity contribution in [2.24, 2.45) is 0 Å². The SMILES string of the molecule is Cc1ccc2c(c1)CCC(C(=O)Nc1cccc(Cl)c1)O2. The molecule has 0 saturated heterocycles. The van der Waals surface area contributed by atoms with Crippen LogP contribution in [0.25, 0.3) is 0 Å². The summed E-state index contributed by atoms with van der Waals surface area (Å²) in [5.74, 6) is 0.668. The molecule has 0 saturated carbocycles. The molecule has 1 aliphatic rings. The van der Waals surface area contributed by atoms with Crippen LogP contribution in [-0.4, -0.2) is 12.0 Å². The Kier molecular flexibility index (Phi) is 3.84. The smallest absolute Gasteiger partial charge is 0.265 e. The maximum absolute atomic E-state index is 12.3. The third-order valence-electron chi connectivity index (χ3n) is 3.55. The summed E-state index contributed by atoms with van der Waals surface area (Å²) < 4.78 is 5.81. The van der Waals surface area contributed by atoms with Crippen molar-refractivity contribution >= 4 is 23.2 Å². The second kappa shape index (κ2) is 5.78. The molecule has 0 aliphatic carbocycles. The Hall–Kier alpha value is -2.00.